The highest BCUT2D eigenvalue weighted by atomic mass is 79.9. The van der Waals surface area contributed by atoms with Gasteiger partial charge in [0.05, 0.1) is 0 Å². The zero-order chi connectivity index (χ0) is 11.3. The van der Waals surface area contributed by atoms with Crippen LogP contribution in [-0.4, -0.2) is 19.8 Å². The highest BCUT2D eigenvalue weighted by Crippen LogP contribution is 2.22. The van der Waals surface area contributed by atoms with Crippen molar-refractivity contribution in [3.8, 4) is 0 Å². The van der Waals surface area contributed by atoms with E-state index in [1.807, 2.05) is 18.2 Å². The first-order valence-electron chi connectivity index (χ1n) is 4.82. The average Bonchev–Trinajstić information content (AvgIpc) is 2.19. The van der Waals surface area contributed by atoms with Gasteiger partial charge in [0.25, 0.3) is 0 Å². The minimum atomic E-state index is 0.101. The Morgan fingerprint density at radius 1 is 1.53 bits per heavy atom. The van der Waals surface area contributed by atoms with Crippen LogP contribution in [0.3, 0.4) is 0 Å². The van der Waals surface area contributed by atoms with Gasteiger partial charge in [-0.1, -0.05) is 33.6 Å². The van der Waals surface area contributed by atoms with Crippen molar-refractivity contribution in [1.82, 2.24) is 0 Å². The molecular weight excluding hydrogens is 277 g/mol. The maximum absolute atomic E-state index is 6.09. The second-order valence-electron chi connectivity index (χ2n) is 3.48. The Morgan fingerprint density at radius 3 is 2.87 bits per heavy atom. The molecule has 0 bridgehead atoms. The lowest BCUT2D eigenvalue weighted by Gasteiger charge is -2.12. The zero-order valence-corrected chi connectivity index (χ0v) is 11.0. The Balaban J connectivity index is 2.56. The van der Waals surface area contributed by atoms with Gasteiger partial charge in [-0.15, -0.1) is 0 Å². The first kappa shape index (κ1) is 13.0. The quantitative estimate of drug-likeness (QED) is 0.905. The van der Waals surface area contributed by atoms with Gasteiger partial charge in [-0.25, -0.2) is 0 Å². The molecule has 0 aliphatic rings. The van der Waals surface area contributed by atoms with E-state index < -0.39 is 0 Å². The fourth-order valence-electron chi connectivity index (χ4n) is 1.34. The minimum Gasteiger partial charge on any atom is -0.385 e. The number of ether oxygens (including phenoxy) is 1. The van der Waals surface area contributed by atoms with Gasteiger partial charge in [-0.3, -0.25) is 0 Å². The molecule has 0 spiro atoms. The van der Waals surface area contributed by atoms with Crippen LogP contribution in [0.4, 0.5) is 0 Å². The number of hydrogen-bond donors (Lipinski definition) is 1. The second-order valence-corrected chi connectivity index (χ2v) is 4.80. The molecule has 2 nitrogen and oxygen atoms in total. The Morgan fingerprint density at radius 2 is 2.27 bits per heavy atom. The summed E-state index contributed by atoms with van der Waals surface area (Å²) in [5, 5.41) is 0.761. The molecule has 0 heterocycles. The minimum absolute atomic E-state index is 0.101. The molecule has 4 heteroatoms. The van der Waals surface area contributed by atoms with Crippen molar-refractivity contribution < 1.29 is 4.74 Å². The van der Waals surface area contributed by atoms with E-state index in [1.165, 1.54) is 0 Å². The van der Waals surface area contributed by atoms with Crippen LogP contribution in [0.1, 0.15) is 12.0 Å². The number of halogens is 2. The van der Waals surface area contributed by atoms with Crippen molar-refractivity contribution >= 4 is 27.5 Å². The molecule has 0 radical (unpaired) electrons. The summed E-state index contributed by atoms with van der Waals surface area (Å²) in [6.45, 7) is 0.690. The summed E-state index contributed by atoms with van der Waals surface area (Å²) in [4.78, 5) is 0. The molecule has 2 N–H and O–H groups in total. The van der Waals surface area contributed by atoms with Crippen LogP contribution >= 0.6 is 27.5 Å². The molecule has 0 aliphatic heterocycles. The van der Waals surface area contributed by atoms with Crippen LogP contribution in [0, 0.1) is 0 Å². The first-order chi connectivity index (χ1) is 7.13. The van der Waals surface area contributed by atoms with E-state index in [0.29, 0.717) is 6.61 Å². The fraction of sp³-hybridized carbons (Fsp3) is 0.455. The first-order valence-corrected chi connectivity index (χ1v) is 5.99. The molecule has 0 saturated heterocycles. The van der Waals surface area contributed by atoms with Gasteiger partial charge in [-0.2, -0.15) is 0 Å². The van der Waals surface area contributed by atoms with Crippen LogP contribution in [0.15, 0.2) is 22.7 Å². The molecule has 1 aromatic carbocycles. The van der Waals surface area contributed by atoms with Crippen LogP contribution in [0.25, 0.3) is 0 Å². The van der Waals surface area contributed by atoms with Gasteiger partial charge in [0.15, 0.2) is 0 Å². The Hall–Kier alpha value is -0.0900. The topological polar surface area (TPSA) is 35.2 Å². The van der Waals surface area contributed by atoms with Crippen molar-refractivity contribution in [2.45, 2.75) is 18.9 Å². The predicted molar refractivity (Wildman–Crippen MR) is 67.3 cm³/mol. The van der Waals surface area contributed by atoms with Gasteiger partial charge in [0.2, 0.25) is 0 Å². The number of methoxy groups -OCH3 is 1. The molecule has 0 amide bonds. The normalized spacial score (nSPS) is 12.8. The Bertz CT molecular complexity index is 319. The van der Waals surface area contributed by atoms with E-state index >= 15 is 0 Å². The van der Waals surface area contributed by atoms with Crippen LogP contribution in [0.5, 0.6) is 0 Å². The average molecular weight is 293 g/mol. The summed E-state index contributed by atoms with van der Waals surface area (Å²) in [6, 6.07) is 5.96. The highest BCUT2D eigenvalue weighted by molar-refractivity contribution is 9.10. The molecule has 84 valence electrons. The van der Waals surface area contributed by atoms with Crippen molar-refractivity contribution in [3.63, 3.8) is 0 Å². The predicted octanol–water partition coefficient (Wildman–Crippen LogP) is 3.01. The lowest BCUT2D eigenvalue weighted by molar-refractivity contribution is 0.188. The summed E-state index contributed by atoms with van der Waals surface area (Å²) >= 11 is 9.46. The van der Waals surface area contributed by atoms with Crippen molar-refractivity contribution in [3.05, 3.63) is 33.3 Å². The summed E-state index contributed by atoms with van der Waals surface area (Å²) in [6.07, 6.45) is 1.64. The van der Waals surface area contributed by atoms with E-state index in [0.717, 1.165) is 27.9 Å². The van der Waals surface area contributed by atoms with E-state index in [9.17, 15) is 0 Å². The maximum Gasteiger partial charge on any atom is 0.0477 e. The zero-order valence-electron chi connectivity index (χ0n) is 8.67. The monoisotopic (exact) mass is 291 g/mol. The largest absolute Gasteiger partial charge is 0.385 e. The Labute approximate surface area is 104 Å². The molecule has 0 fully saturated rings. The van der Waals surface area contributed by atoms with E-state index in [2.05, 4.69) is 15.9 Å². The van der Waals surface area contributed by atoms with Gasteiger partial charge in [-0.05, 0) is 30.5 Å². The molecule has 0 aromatic heterocycles. The molecular formula is C11H15BrClNO. The molecule has 0 aliphatic carbocycles. The van der Waals surface area contributed by atoms with Crippen molar-refractivity contribution in [1.29, 1.82) is 0 Å². The van der Waals surface area contributed by atoms with Gasteiger partial charge in [0.1, 0.15) is 0 Å². The molecule has 0 saturated carbocycles. The number of rotatable bonds is 5. The van der Waals surface area contributed by atoms with Gasteiger partial charge in [0, 0.05) is 29.3 Å². The smallest absolute Gasteiger partial charge is 0.0477 e. The second kappa shape index (κ2) is 6.48. The summed E-state index contributed by atoms with van der Waals surface area (Å²) < 4.78 is 5.97. The van der Waals surface area contributed by atoms with E-state index in [-0.39, 0.29) is 6.04 Å². The molecule has 1 rings (SSSR count). The standard InChI is InChI=1S/C11H15BrClNO/c1-15-5-4-10(14)6-8-2-3-9(12)7-11(8)13/h2-3,7,10H,4-6,14H2,1H3. The van der Waals surface area contributed by atoms with Crippen LogP contribution < -0.4 is 5.73 Å². The fourth-order valence-corrected chi connectivity index (χ4v) is 2.09. The Kier molecular flexibility index (Phi) is 5.61. The van der Waals surface area contributed by atoms with Crippen LogP contribution in [-0.2, 0) is 11.2 Å². The molecule has 1 atom stereocenters. The van der Waals surface area contributed by atoms with Crippen molar-refractivity contribution in [2.75, 3.05) is 13.7 Å². The summed E-state index contributed by atoms with van der Waals surface area (Å²) in [5.74, 6) is 0. The SMILES string of the molecule is COCCC(N)Cc1ccc(Br)cc1Cl. The third-order valence-corrected chi connectivity index (χ3v) is 3.04. The lowest BCUT2D eigenvalue weighted by atomic mass is 10.0. The van der Waals surface area contributed by atoms with E-state index in [1.54, 1.807) is 7.11 Å². The number of hydrogen-bond acceptors (Lipinski definition) is 2. The van der Waals surface area contributed by atoms with E-state index in [4.69, 9.17) is 22.1 Å². The number of nitrogens with two attached hydrogens (primary N) is 1. The molecule has 1 unspecified atom stereocenters. The summed E-state index contributed by atoms with van der Waals surface area (Å²) in [5.41, 5.74) is 7.03. The third kappa shape index (κ3) is 4.51. The highest BCUT2D eigenvalue weighted by Gasteiger charge is 2.07. The van der Waals surface area contributed by atoms with Gasteiger partial charge < -0.3 is 10.5 Å². The van der Waals surface area contributed by atoms with Crippen LogP contribution in [0.2, 0.25) is 5.02 Å². The summed E-state index contributed by atoms with van der Waals surface area (Å²) in [7, 11) is 1.68. The molecule has 1 aromatic rings. The van der Waals surface area contributed by atoms with Gasteiger partial charge >= 0.3 is 0 Å². The van der Waals surface area contributed by atoms with Crippen molar-refractivity contribution in [2.24, 2.45) is 5.73 Å². The molecule has 15 heavy (non-hydrogen) atoms. The lowest BCUT2D eigenvalue weighted by Crippen LogP contribution is -2.24. The number of benzene rings is 1. The third-order valence-electron chi connectivity index (χ3n) is 2.19. The maximum atomic E-state index is 6.09.